The van der Waals surface area contributed by atoms with Gasteiger partial charge in [-0.15, -0.1) is 0 Å². The van der Waals surface area contributed by atoms with Crippen LogP contribution in [-0.2, 0) is 14.4 Å². The van der Waals surface area contributed by atoms with Gasteiger partial charge < -0.3 is 10.2 Å². The molecule has 0 radical (unpaired) electrons. The van der Waals surface area contributed by atoms with E-state index >= 15 is 0 Å². The molecule has 0 aromatic heterocycles. The van der Waals surface area contributed by atoms with Crippen molar-refractivity contribution < 1.29 is 24.6 Å². The number of hydrazone groups is 1. The molecule has 7 heteroatoms. The summed E-state index contributed by atoms with van der Waals surface area (Å²) in [7, 11) is 0. The van der Waals surface area contributed by atoms with Crippen molar-refractivity contribution in [3.63, 3.8) is 0 Å². The summed E-state index contributed by atoms with van der Waals surface area (Å²) in [6.07, 6.45) is -0.0425. The molecule has 3 N–H and O–H groups in total. The number of hydrogen-bond acceptors (Lipinski definition) is 4. The second-order valence-electron chi connectivity index (χ2n) is 4.04. The SMILES string of the molecule is O=C1NN=C2CC(C(=O)O)(C(=O)O)CCC12. The molecule has 1 aliphatic carbocycles. The molecular formula is C9H10N2O5. The van der Waals surface area contributed by atoms with Gasteiger partial charge in [-0.05, 0) is 12.8 Å². The third-order valence-electron chi connectivity index (χ3n) is 3.19. The fraction of sp³-hybridized carbons (Fsp3) is 0.556. The van der Waals surface area contributed by atoms with E-state index in [0.717, 1.165) is 0 Å². The maximum absolute atomic E-state index is 11.2. The highest BCUT2D eigenvalue weighted by molar-refractivity contribution is 6.13. The molecule has 1 heterocycles. The monoisotopic (exact) mass is 226 g/mol. The Kier molecular flexibility index (Phi) is 2.18. The molecule has 1 fully saturated rings. The highest BCUT2D eigenvalue weighted by Gasteiger charge is 2.53. The van der Waals surface area contributed by atoms with Gasteiger partial charge in [0, 0.05) is 6.42 Å². The largest absolute Gasteiger partial charge is 0.480 e. The molecule has 0 spiro atoms. The minimum absolute atomic E-state index is 0.0469. The summed E-state index contributed by atoms with van der Waals surface area (Å²) in [5, 5.41) is 21.7. The number of fused-ring (bicyclic) bond motifs is 1. The van der Waals surface area contributed by atoms with Gasteiger partial charge in [-0.25, -0.2) is 5.43 Å². The lowest BCUT2D eigenvalue weighted by Crippen LogP contribution is -2.46. The average molecular weight is 226 g/mol. The molecule has 1 atom stereocenters. The third-order valence-corrected chi connectivity index (χ3v) is 3.19. The number of carboxylic acids is 2. The Morgan fingerprint density at radius 2 is 2.00 bits per heavy atom. The molecule has 1 aliphatic heterocycles. The second-order valence-corrected chi connectivity index (χ2v) is 4.04. The van der Waals surface area contributed by atoms with Crippen LogP contribution in [0, 0.1) is 11.3 Å². The van der Waals surface area contributed by atoms with Crippen LogP contribution in [0.3, 0.4) is 0 Å². The minimum Gasteiger partial charge on any atom is -0.480 e. The molecule has 0 saturated heterocycles. The van der Waals surface area contributed by atoms with E-state index in [1.165, 1.54) is 0 Å². The number of amides is 1. The van der Waals surface area contributed by atoms with Gasteiger partial charge in [0.05, 0.1) is 11.6 Å². The van der Waals surface area contributed by atoms with E-state index in [2.05, 4.69) is 10.5 Å². The number of nitrogens with one attached hydrogen (secondary N) is 1. The van der Waals surface area contributed by atoms with E-state index < -0.39 is 23.3 Å². The Hall–Kier alpha value is -1.92. The molecule has 2 aliphatic rings. The van der Waals surface area contributed by atoms with E-state index in [9.17, 15) is 14.4 Å². The van der Waals surface area contributed by atoms with Crippen molar-refractivity contribution in [2.24, 2.45) is 16.4 Å². The maximum atomic E-state index is 11.2. The fourth-order valence-electron chi connectivity index (χ4n) is 2.14. The van der Waals surface area contributed by atoms with E-state index in [0.29, 0.717) is 5.71 Å². The van der Waals surface area contributed by atoms with Crippen LogP contribution in [0.2, 0.25) is 0 Å². The summed E-state index contributed by atoms with van der Waals surface area (Å²) in [6, 6.07) is 0. The molecule has 0 aromatic carbocycles. The summed E-state index contributed by atoms with van der Waals surface area (Å²) < 4.78 is 0. The van der Waals surface area contributed by atoms with Gasteiger partial charge in [0.2, 0.25) is 5.91 Å². The van der Waals surface area contributed by atoms with Crippen LogP contribution in [0.15, 0.2) is 5.10 Å². The predicted octanol–water partition coefficient (Wildman–Crippen LogP) is -0.572. The van der Waals surface area contributed by atoms with Crippen LogP contribution in [0.1, 0.15) is 19.3 Å². The molecule has 2 rings (SSSR count). The van der Waals surface area contributed by atoms with Gasteiger partial charge in [0.15, 0.2) is 5.41 Å². The number of aliphatic carboxylic acids is 2. The Bertz CT molecular complexity index is 400. The van der Waals surface area contributed by atoms with E-state index in [-0.39, 0.29) is 25.2 Å². The highest BCUT2D eigenvalue weighted by Crippen LogP contribution is 2.39. The lowest BCUT2D eigenvalue weighted by Gasteiger charge is -2.30. The molecular weight excluding hydrogens is 216 g/mol. The fourth-order valence-corrected chi connectivity index (χ4v) is 2.14. The topological polar surface area (TPSA) is 116 Å². The highest BCUT2D eigenvalue weighted by atomic mass is 16.4. The zero-order valence-electron chi connectivity index (χ0n) is 8.27. The van der Waals surface area contributed by atoms with Gasteiger partial charge in [-0.1, -0.05) is 0 Å². The standard InChI is InChI=1S/C9H10N2O5/c12-6-4-1-2-9(7(13)14,8(15)16)3-5(4)10-11-6/h4H,1-3H2,(H,11,12)(H,13,14)(H,15,16). The first kappa shape index (κ1) is 10.6. The molecule has 0 aromatic rings. The Labute approximate surface area is 90.1 Å². The van der Waals surface area contributed by atoms with E-state index in [4.69, 9.17) is 10.2 Å². The first-order valence-corrected chi connectivity index (χ1v) is 4.80. The molecule has 7 nitrogen and oxygen atoms in total. The maximum Gasteiger partial charge on any atom is 0.321 e. The van der Waals surface area contributed by atoms with Crippen molar-refractivity contribution in [3.8, 4) is 0 Å². The minimum atomic E-state index is -1.83. The van der Waals surface area contributed by atoms with Crippen LogP contribution >= 0.6 is 0 Å². The predicted molar refractivity (Wildman–Crippen MR) is 50.6 cm³/mol. The van der Waals surface area contributed by atoms with Crippen LogP contribution in [0.4, 0.5) is 0 Å². The molecule has 1 amide bonds. The van der Waals surface area contributed by atoms with Crippen molar-refractivity contribution >= 4 is 23.6 Å². The van der Waals surface area contributed by atoms with Crippen LogP contribution < -0.4 is 5.43 Å². The number of hydrogen-bond donors (Lipinski definition) is 3. The Morgan fingerprint density at radius 1 is 1.38 bits per heavy atom. The van der Waals surface area contributed by atoms with E-state index in [1.807, 2.05) is 0 Å². The molecule has 0 bridgehead atoms. The quantitative estimate of drug-likeness (QED) is 0.545. The van der Waals surface area contributed by atoms with Crippen LogP contribution in [0.25, 0.3) is 0 Å². The van der Waals surface area contributed by atoms with Crippen LogP contribution in [0.5, 0.6) is 0 Å². The number of nitrogens with zero attached hydrogens (tertiary/aromatic N) is 1. The molecule has 16 heavy (non-hydrogen) atoms. The lowest BCUT2D eigenvalue weighted by atomic mass is 9.69. The number of carbonyl (C=O) groups is 3. The van der Waals surface area contributed by atoms with Crippen molar-refractivity contribution in [3.05, 3.63) is 0 Å². The Balaban J connectivity index is 2.31. The van der Waals surface area contributed by atoms with Crippen LogP contribution in [-0.4, -0.2) is 33.8 Å². The summed E-state index contributed by atoms with van der Waals surface area (Å²) in [5.74, 6) is -3.48. The zero-order chi connectivity index (χ0) is 11.9. The summed E-state index contributed by atoms with van der Waals surface area (Å²) in [5.41, 5.74) is 0.743. The summed E-state index contributed by atoms with van der Waals surface area (Å²) >= 11 is 0. The lowest BCUT2D eigenvalue weighted by molar-refractivity contribution is -0.165. The number of carbonyl (C=O) groups excluding carboxylic acids is 1. The first-order chi connectivity index (χ1) is 7.47. The number of rotatable bonds is 2. The van der Waals surface area contributed by atoms with E-state index in [1.54, 1.807) is 0 Å². The Morgan fingerprint density at radius 3 is 2.56 bits per heavy atom. The van der Waals surface area contributed by atoms with Crippen molar-refractivity contribution in [1.29, 1.82) is 0 Å². The van der Waals surface area contributed by atoms with Gasteiger partial charge in [-0.3, -0.25) is 14.4 Å². The van der Waals surface area contributed by atoms with Gasteiger partial charge >= 0.3 is 11.9 Å². The van der Waals surface area contributed by atoms with Crippen molar-refractivity contribution in [1.82, 2.24) is 5.43 Å². The smallest absolute Gasteiger partial charge is 0.321 e. The summed E-state index contributed by atoms with van der Waals surface area (Å²) in [6.45, 7) is 0. The van der Waals surface area contributed by atoms with Gasteiger partial charge in [0.25, 0.3) is 0 Å². The average Bonchev–Trinajstić information content (AvgIpc) is 2.59. The first-order valence-electron chi connectivity index (χ1n) is 4.80. The van der Waals surface area contributed by atoms with Crippen molar-refractivity contribution in [2.45, 2.75) is 19.3 Å². The molecule has 1 saturated carbocycles. The van der Waals surface area contributed by atoms with Gasteiger partial charge in [0.1, 0.15) is 0 Å². The third kappa shape index (κ3) is 1.28. The molecule has 1 unspecified atom stereocenters. The second kappa shape index (κ2) is 3.29. The number of carboxylic acid groups (broad SMARTS) is 2. The van der Waals surface area contributed by atoms with Crippen molar-refractivity contribution in [2.75, 3.05) is 0 Å². The van der Waals surface area contributed by atoms with Gasteiger partial charge in [-0.2, -0.15) is 5.10 Å². The zero-order valence-corrected chi connectivity index (χ0v) is 8.27. The molecule has 86 valence electrons. The summed E-state index contributed by atoms with van der Waals surface area (Å²) in [4.78, 5) is 33.3. The normalized spacial score (nSPS) is 26.6.